The summed E-state index contributed by atoms with van der Waals surface area (Å²) in [4.78, 5) is 26.7. The van der Waals surface area contributed by atoms with Gasteiger partial charge in [-0.1, -0.05) is 61.5 Å². The first-order chi connectivity index (χ1) is 19.4. The average Bonchev–Trinajstić information content (AvgIpc) is 3.73. The number of carbonyl (C=O) groups is 1. The number of aliphatic carboxylic acids is 1. The van der Waals surface area contributed by atoms with Gasteiger partial charge in [-0.2, -0.15) is 0 Å². The third-order valence-electron chi connectivity index (χ3n) is 9.01. The minimum Gasteiger partial charge on any atom is -0.493 e. The van der Waals surface area contributed by atoms with Crippen LogP contribution in [0.25, 0.3) is 10.8 Å². The number of ether oxygens (including phenoxy) is 1. The Bertz CT molecular complexity index is 1720. The van der Waals surface area contributed by atoms with Gasteiger partial charge in [0.25, 0.3) is 5.56 Å². The molecule has 4 aromatic rings. The maximum atomic E-state index is 13.8. The Morgan fingerprint density at radius 3 is 2.62 bits per heavy atom. The number of thioether (sulfide) groups is 1. The molecule has 2 heterocycles. The lowest BCUT2D eigenvalue weighted by atomic mass is 9.64. The standard InChI is InChI=1S/C34H33NO4S/c1-3-15-39-28-14-13-24(16-20(28)2)27-19-34(33(37)38)31(27)40-32-30(22-11-12-22)25(18-29(36)35(32)34)17-23-9-6-8-21-7-4-5-10-26(21)23/h4-10,13-14,16,18,22,27,31H,3,11-12,15,17,19H2,1-2H3,(H,37,38)/t27-,31?,34?/m0/s1. The van der Waals surface area contributed by atoms with Gasteiger partial charge in [-0.05, 0) is 89.6 Å². The number of carboxylic acid groups (broad SMARTS) is 1. The topological polar surface area (TPSA) is 68.5 Å². The van der Waals surface area contributed by atoms with Crippen LogP contribution >= 0.6 is 11.8 Å². The minimum absolute atomic E-state index is 0.0629. The van der Waals surface area contributed by atoms with Crippen molar-refractivity contribution in [2.24, 2.45) is 0 Å². The summed E-state index contributed by atoms with van der Waals surface area (Å²) in [5, 5.41) is 13.7. The fourth-order valence-electron chi connectivity index (χ4n) is 6.87. The Morgan fingerprint density at radius 2 is 1.88 bits per heavy atom. The first-order valence-corrected chi connectivity index (χ1v) is 15.2. The van der Waals surface area contributed by atoms with Crippen LogP contribution in [0.2, 0.25) is 0 Å². The second kappa shape index (κ2) is 9.55. The molecule has 3 aliphatic rings. The van der Waals surface area contributed by atoms with Crippen molar-refractivity contribution < 1.29 is 14.6 Å². The van der Waals surface area contributed by atoms with Crippen molar-refractivity contribution >= 4 is 28.5 Å². The summed E-state index contributed by atoms with van der Waals surface area (Å²) < 4.78 is 7.54. The molecule has 40 heavy (non-hydrogen) atoms. The Labute approximate surface area is 238 Å². The molecule has 3 atom stereocenters. The van der Waals surface area contributed by atoms with Gasteiger partial charge in [-0.3, -0.25) is 9.36 Å². The first-order valence-electron chi connectivity index (χ1n) is 14.3. The number of aryl methyl sites for hydroxylation is 1. The minimum atomic E-state index is -1.20. The summed E-state index contributed by atoms with van der Waals surface area (Å²) in [6.45, 7) is 4.81. The van der Waals surface area contributed by atoms with E-state index in [-0.39, 0.29) is 16.7 Å². The molecular formula is C34H33NO4S. The van der Waals surface area contributed by atoms with Crippen LogP contribution in [-0.4, -0.2) is 27.5 Å². The van der Waals surface area contributed by atoms with Crippen LogP contribution < -0.4 is 10.3 Å². The van der Waals surface area contributed by atoms with Crippen molar-refractivity contribution in [3.63, 3.8) is 0 Å². The summed E-state index contributed by atoms with van der Waals surface area (Å²) in [7, 11) is 0. The summed E-state index contributed by atoms with van der Waals surface area (Å²) >= 11 is 1.63. The van der Waals surface area contributed by atoms with E-state index in [4.69, 9.17) is 4.74 Å². The zero-order chi connectivity index (χ0) is 27.6. The zero-order valence-corrected chi connectivity index (χ0v) is 23.7. The summed E-state index contributed by atoms with van der Waals surface area (Å²) in [6, 6.07) is 22.7. The molecule has 2 fully saturated rings. The van der Waals surface area contributed by atoms with Crippen molar-refractivity contribution in [1.29, 1.82) is 0 Å². The maximum absolute atomic E-state index is 13.8. The van der Waals surface area contributed by atoms with Crippen LogP contribution in [0.5, 0.6) is 5.75 Å². The Hall–Kier alpha value is -3.51. The van der Waals surface area contributed by atoms with Crippen molar-refractivity contribution in [3.8, 4) is 5.75 Å². The van der Waals surface area contributed by atoms with E-state index in [2.05, 4.69) is 55.5 Å². The van der Waals surface area contributed by atoms with Gasteiger partial charge >= 0.3 is 5.97 Å². The zero-order valence-electron chi connectivity index (χ0n) is 22.9. The van der Waals surface area contributed by atoms with Crippen LogP contribution in [0.1, 0.15) is 72.3 Å². The second-order valence-electron chi connectivity index (χ2n) is 11.6. The number of aromatic nitrogens is 1. The van der Waals surface area contributed by atoms with E-state index in [0.29, 0.717) is 25.4 Å². The van der Waals surface area contributed by atoms with Gasteiger partial charge in [-0.25, -0.2) is 4.79 Å². The largest absolute Gasteiger partial charge is 0.493 e. The number of hydrogen-bond donors (Lipinski definition) is 1. The second-order valence-corrected chi connectivity index (χ2v) is 12.7. The van der Waals surface area contributed by atoms with E-state index in [0.717, 1.165) is 46.7 Å². The molecule has 0 bridgehead atoms. The van der Waals surface area contributed by atoms with Crippen LogP contribution in [0.4, 0.5) is 0 Å². The molecule has 1 N–H and O–H groups in total. The number of carboxylic acids is 1. The Balaban J connectivity index is 1.29. The van der Waals surface area contributed by atoms with Gasteiger partial charge in [0.05, 0.1) is 16.9 Å². The predicted octanol–water partition coefficient (Wildman–Crippen LogP) is 7.01. The monoisotopic (exact) mass is 551 g/mol. The highest BCUT2D eigenvalue weighted by Crippen LogP contribution is 2.64. The number of hydrogen-bond acceptors (Lipinski definition) is 4. The van der Waals surface area contributed by atoms with E-state index >= 15 is 0 Å². The SMILES string of the molecule is CCCOc1ccc([C@@H]2CC3(C(=O)O)C2Sc2c(C4CC4)c(Cc4cccc5ccccc45)cc(=O)n23)cc1C. The number of rotatable bonds is 8. The lowest BCUT2D eigenvalue weighted by molar-refractivity contribution is -0.153. The molecule has 1 aromatic heterocycles. The van der Waals surface area contributed by atoms with Gasteiger partial charge in [0, 0.05) is 12.0 Å². The van der Waals surface area contributed by atoms with Gasteiger partial charge in [-0.15, -0.1) is 11.8 Å². The highest BCUT2D eigenvalue weighted by atomic mass is 32.2. The number of nitrogens with zero attached hydrogens (tertiary/aromatic N) is 1. The molecule has 0 amide bonds. The van der Waals surface area contributed by atoms with Crippen molar-refractivity contribution in [1.82, 2.24) is 4.57 Å². The predicted molar refractivity (Wildman–Crippen MR) is 159 cm³/mol. The molecule has 0 saturated heterocycles. The third kappa shape index (κ3) is 3.83. The van der Waals surface area contributed by atoms with Crippen molar-refractivity contribution in [2.75, 3.05) is 6.61 Å². The normalized spacial score (nSPS) is 22.9. The van der Waals surface area contributed by atoms with Crippen molar-refractivity contribution in [2.45, 2.75) is 73.6 Å². The molecule has 0 radical (unpaired) electrons. The summed E-state index contributed by atoms with van der Waals surface area (Å²) in [5.74, 6) is 0.429. The smallest absolute Gasteiger partial charge is 0.331 e. The van der Waals surface area contributed by atoms with Gasteiger partial charge < -0.3 is 9.84 Å². The molecule has 204 valence electrons. The van der Waals surface area contributed by atoms with E-state index in [9.17, 15) is 14.7 Å². The molecule has 2 saturated carbocycles. The molecule has 2 aliphatic carbocycles. The highest BCUT2D eigenvalue weighted by Gasteiger charge is 2.66. The van der Waals surface area contributed by atoms with E-state index in [1.165, 1.54) is 21.9 Å². The number of fused-ring (bicyclic) bond motifs is 4. The maximum Gasteiger partial charge on any atom is 0.331 e. The molecule has 0 spiro atoms. The molecule has 3 aromatic carbocycles. The average molecular weight is 552 g/mol. The van der Waals surface area contributed by atoms with Gasteiger partial charge in [0.1, 0.15) is 5.75 Å². The quantitative estimate of drug-likeness (QED) is 0.255. The van der Waals surface area contributed by atoms with Crippen LogP contribution in [-0.2, 0) is 16.8 Å². The van der Waals surface area contributed by atoms with E-state index < -0.39 is 11.5 Å². The Kier molecular flexibility index (Phi) is 6.08. The highest BCUT2D eigenvalue weighted by molar-refractivity contribution is 8.00. The summed E-state index contributed by atoms with van der Waals surface area (Å²) in [6.07, 6.45) is 4.21. The van der Waals surface area contributed by atoms with Gasteiger partial charge in [0.2, 0.25) is 0 Å². The fraction of sp³-hybridized carbons (Fsp3) is 0.353. The number of benzene rings is 3. The fourth-order valence-corrected chi connectivity index (χ4v) is 8.81. The molecule has 5 nitrogen and oxygen atoms in total. The van der Waals surface area contributed by atoms with E-state index in [1.807, 2.05) is 19.1 Å². The summed E-state index contributed by atoms with van der Waals surface area (Å²) in [5.41, 5.74) is 4.24. The van der Waals surface area contributed by atoms with Crippen LogP contribution in [0.3, 0.4) is 0 Å². The number of pyridine rings is 1. The molecule has 2 unspecified atom stereocenters. The molecule has 1 aliphatic heterocycles. The van der Waals surface area contributed by atoms with Gasteiger partial charge in [0.15, 0.2) is 5.54 Å². The molecule has 7 rings (SSSR count). The first kappa shape index (κ1) is 25.5. The lowest BCUT2D eigenvalue weighted by Gasteiger charge is -2.48. The lowest BCUT2D eigenvalue weighted by Crippen LogP contribution is -2.61. The molecule has 6 heteroatoms. The van der Waals surface area contributed by atoms with Crippen LogP contribution in [0, 0.1) is 6.92 Å². The molecular weight excluding hydrogens is 518 g/mol. The van der Waals surface area contributed by atoms with Crippen molar-refractivity contribution in [3.05, 3.63) is 105 Å². The third-order valence-corrected chi connectivity index (χ3v) is 10.6. The van der Waals surface area contributed by atoms with E-state index in [1.54, 1.807) is 22.4 Å². The van der Waals surface area contributed by atoms with Crippen LogP contribution in [0.15, 0.2) is 76.6 Å². The Morgan fingerprint density at radius 1 is 1.07 bits per heavy atom.